The quantitative estimate of drug-likeness (QED) is 0.402. The minimum atomic E-state index is -1.51. The van der Waals surface area contributed by atoms with E-state index in [1.807, 2.05) is 20.8 Å². The summed E-state index contributed by atoms with van der Waals surface area (Å²) in [6, 6.07) is 6.49. The lowest BCUT2D eigenvalue weighted by molar-refractivity contribution is -0.139. The van der Waals surface area contributed by atoms with Crippen LogP contribution in [0.4, 0.5) is 8.78 Å². The summed E-state index contributed by atoms with van der Waals surface area (Å²) in [5.41, 5.74) is -2.13. The lowest BCUT2D eigenvalue weighted by Gasteiger charge is -2.42. The zero-order valence-corrected chi connectivity index (χ0v) is 22.0. The molecule has 1 aliphatic carbocycles. The number of halogens is 3. The number of carbonyl (C=O) groups excluding carboxylic acids is 2. The van der Waals surface area contributed by atoms with Gasteiger partial charge in [-0.25, -0.2) is 8.78 Å². The van der Waals surface area contributed by atoms with E-state index in [0.717, 1.165) is 6.07 Å². The van der Waals surface area contributed by atoms with E-state index in [2.05, 4.69) is 10.6 Å². The Morgan fingerprint density at radius 2 is 1.95 bits per heavy atom. The molecule has 1 saturated heterocycles. The molecule has 37 heavy (non-hydrogen) atoms. The van der Waals surface area contributed by atoms with Crippen LogP contribution in [0.15, 0.2) is 36.4 Å². The molecule has 1 saturated carbocycles. The van der Waals surface area contributed by atoms with Gasteiger partial charge >= 0.3 is 5.97 Å². The highest BCUT2D eigenvalue weighted by molar-refractivity contribution is 6.30. The molecule has 1 amide bonds. The average molecular weight is 533 g/mol. The van der Waals surface area contributed by atoms with Gasteiger partial charge in [0, 0.05) is 29.6 Å². The van der Waals surface area contributed by atoms with Gasteiger partial charge in [0.1, 0.15) is 22.8 Å². The van der Waals surface area contributed by atoms with Crippen LogP contribution in [0, 0.1) is 17.0 Å². The van der Waals surface area contributed by atoms with Gasteiger partial charge in [-0.05, 0) is 49.3 Å². The van der Waals surface area contributed by atoms with Crippen molar-refractivity contribution < 1.29 is 28.2 Å². The van der Waals surface area contributed by atoms with Gasteiger partial charge in [0.05, 0.1) is 16.7 Å². The molecule has 0 bridgehead atoms. The number of aliphatic hydroxyl groups is 1. The van der Waals surface area contributed by atoms with Crippen molar-refractivity contribution in [3.63, 3.8) is 0 Å². The molecular formula is C28H31ClF2N2O4. The van der Waals surface area contributed by atoms with E-state index in [1.54, 1.807) is 13.0 Å². The average Bonchev–Trinajstić information content (AvgIpc) is 3.23. The van der Waals surface area contributed by atoms with Crippen molar-refractivity contribution in [2.75, 3.05) is 0 Å². The molecule has 2 fully saturated rings. The molecule has 2 heterocycles. The zero-order chi connectivity index (χ0) is 26.9. The normalized spacial score (nSPS) is 32.7. The van der Waals surface area contributed by atoms with Crippen LogP contribution in [0.5, 0.6) is 5.75 Å². The number of nitrogens with one attached hydrogen (secondary N) is 2. The standard InChI is InChI=1S/C28H31ClF2N2O4/c1-26(2,3)13-20-28(17-9-8-14(30)10-19(17)37-25(28)35)21(16-6-5-7-18(29)22(16)31)23(33-20)24(34)32-15-11-27(4,36)12-15/h5-10,15,20-21,23,33,36H,11-13H2,1-4H3,(H,32,34). The number of carbonyl (C=O) groups is 2. The molecule has 0 radical (unpaired) electrons. The van der Waals surface area contributed by atoms with E-state index < -0.39 is 52.5 Å². The van der Waals surface area contributed by atoms with E-state index in [4.69, 9.17) is 16.3 Å². The van der Waals surface area contributed by atoms with Crippen molar-refractivity contribution >= 4 is 23.5 Å². The van der Waals surface area contributed by atoms with Gasteiger partial charge in [-0.15, -0.1) is 0 Å². The van der Waals surface area contributed by atoms with Crippen molar-refractivity contribution in [1.82, 2.24) is 10.6 Å². The molecule has 0 aromatic heterocycles. The lowest BCUT2D eigenvalue weighted by Crippen LogP contribution is -2.57. The summed E-state index contributed by atoms with van der Waals surface area (Å²) in [5.74, 6) is -3.34. The fraction of sp³-hybridized carbons (Fsp3) is 0.500. The van der Waals surface area contributed by atoms with E-state index in [-0.39, 0.29) is 27.8 Å². The second kappa shape index (κ2) is 8.75. The SMILES string of the molecule is CC(C)(C)CC1NC(C(=O)NC2CC(C)(O)C2)C(c2cccc(Cl)c2F)C12C(=O)Oc1cc(F)ccc12. The maximum Gasteiger partial charge on any atom is 0.324 e. The van der Waals surface area contributed by atoms with E-state index >= 15 is 4.39 Å². The molecule has 2 aromatic carbocycles. The van der Waals surface area contributed by atoms with Crippen molar-refractivity contribution in [3.8, 4) is 5.75 Å². The van der Waals surface area contributed by atoms with Crippen molar-refractivity contribution in [3.05, 3.63) is 64.2 Å². The fourth-order valence-corrected chi connectivity index (χ4v) is 6.59. The van der Waals surface area contributed by atoms with Crippen LogP contribution in [0.1, 0.15) is 64.0 Å². The van der Waals surface area contributed by atoms with Crippen LogP contribution in [0.2, 0.25) is 5.02 Å². The molecule has 2 aromatic rings. The summed E-state index contributed by atoms with van der Waals surface area (Å²) in [6.07, 6.45) is 1.23. The third-order valence-corrected chi connectivity index (χ3v) is 8.11. The molecule has 4 unspecified atom stereocenters. The Morgan fingerprint density at radius 1 is 1.24 bits per heavy atom. The molecule has 1 spiro atoms. The van der Waals surface area contributed by atoms with E-state index in [0.29, 0.717) is 24.8 Å². The number of ether oxygens (including phenoxy) is 1. The van der Waals surface area contributed by atoms with Gasteiger partial charge in [-0.2, -0.15) is 0 Å². The third-order valence-electron chi connectivity index (χ3n) is 7.82. The van der Waals surface area contributed by atoms with E-state index in [1.165, 1.54) is 24.3 Å². The van der Waals surface area contributed by atoms with Gasteiger partial charge in [-0.1, -0.05) is 50.6 Å². The van der Waals surface area contributed by atoms with Gasteiger partial charge in [0.15, 0.2) is 0 Å². The Morgan fingerprint density at radius 3 is 2.59 bits per heavy atom. The monoisotopic (exact) mass is 532 g/mol. The Kier molecular flexibility index (Phi) is 6.17. The Hall–Kier alpha value is -2.55. The number of fused-ring (bicyclic) bond motifs is 2. The highest BCUT2D eigenvalue weighted by Gasteiger charge is 2.68. The number of hydrogen-bond donors (Lipinski definition) is 3. The smallest absolute Gasteiger partial charge is 0.324 e. The molecule has 198 valence electrons. The van der Waals surface area contributed by atoms with Gasteiger partial charge in [0.25, 0.3) is 0 Å². The van der Waals surface area contributed by atoms with Crippen LogP contribution >= 0.6 is 11.6 Å². The topological polar surface area (TPSA) is 87.7 Å². The maximum atomic E-state index is 15.7. The first-order valence-corrected chi connectivity index (χ1v) is 12.9. The van der Waals surface area contributed by atoms with Crippen molar-refractivity contribution in [2.24, 2.45) is 5.41 Å². The molecule has 3 aliphatic rings. The summed E-state index contributed by atoms with van der Waals surface area (Å²) < 4.78 is 35.4. The second-order valence-corrected chi connectivity index (χ2v) is 12.5. The number of amides is 1. The summed E-state index contributed by atoms with van der Waals surface area (Å²) >= 11 is 6.17. The largest absolute Gasteiger partial charge is 0.425 e. The summed E-state index contributed by atoms with van der Waals surface area (Å²) in [4.78, 5) is 27.6. The number of benzene rings is 2. The predicted octanol–water partition coefficient (Wildman–Crippen LogP) is 4.37. The summed E-state index contributed by atoms with van der Waals surface area (Å²) in [5, 5.41) is 16.3. The minimum Gasteiger partial charge on any atom is -0.425 e. The number of hydrogen-bond acceptors (Lipinski definition) is 5. The molecule has 6 nitrogen and oxygen atoms in total. The Labute approximate surface area is 219 Å². The van der Waals surface area contributed by atoms with Crippen LogP contribution in [0.3, 0.4) is 0 Å². The van der Waals surface area contributed by atoms with Crippen LogP contribution < -0.4 is 15.4 Å². The first kappa shape index (κ1) is 26.1. The highest BCUT2D eigenvalue weighted by atomic mass is 35.5. The predicted molar refractivity (Wildman–Crippen MR) is 134 cm³/mol. The molecule has 2 aliphatic heterocycles. The molecule has 4 atom stereocenters. The molecule has 9 heteroatoms. The highest BCUT2D eigenvalue weighted by Crippen LogP contribution is 2.57. The van der Waals surface area contributed by atoms with E-state index in [9.17, 15) is 19.1 Å². The fourth-order valence-electron chi connectivity index (χ4n) is 6.40. The summed E-state index contributed by atoms with van der Waals surface area (Å²) in [6.45, 7) is 7.72. The zero-order valence-electron chi connectivity index (χ0n) is 21.2. The molecule has 3 N–H and O–H groups in total. The minimum absolute atomic E-state index is 0.0641. The lowest BCUT2D eigenvalue weighted by atomic mass is 9.62. The first-order chi connectivity index (χ1) is 17.2. The molecular weight excluding hydrogens is 502 g/mol. The van der Waals surface area contributed by atoms with Crippen LogP contribution in [-0.2, 0) is 15.0 Å². The van der Waals surface area contributed by atoms with Gasteiger partial charge < -0.3 is 20.5 Å². The Bertz CT molecular complexity index is 1270. The number of esters is 1. The molecule has 5 rings (SSSR count). The third kappa shape index (κ3) is 4.33. The first-order valence-electron chi connectivity index (χ1n) is 12.5. The van der Waals surface area contributed by atoms with Crippen molar-refractivity contribution in [2.45, 2.75) is 82.0 Å². The van der Waals surface area contributed by atoms with Crippen LogP contribution in [-0.4, -0.2) is 40.7 Å². The Balaban J connectivity index is 1.69. The van der Waals surface area contributed by atoms with Gasteiger partial charge in [0.2, 0.25) is 5.91 Å². The summed E-state index contributed by atoms with van der Waals surface area (Å²) in [7, 11) is 0. The second-order valence-electron chi connectivity index (χ2n) is 12.1. The van der Waals surface area contributed by atoms with Gasteiger partial charge in [-0.3, -0.25) is 9.59 Å². The van der Waals surface area contributed by atoms with Crippen LogP contribution in [0.25, 0.3) is 0 Å². The van der Waals surface area contributed by atoms with Crippen molar-refractivity contribution in [1.29, 1.82) is 0 Å². The maximum absolute atomic E-state index is 15.7. The number of rotatable bonds is 4.